The average Bonchev–Trinajstić information content (AvgIpc) is 2.33. The predicted octanol–water partition coefficient (Wildman–Crippen LogP) is 3.48. The van der Waals surface area contributed by atoms with E-state index in [2.05, 4.69) is 49.4 Å². The number of hydrogen-bond donors (Lipinski definition) is 1. The first-order valence-electron chi connectivity index (χ1n) is 6.12. The van der Waals surface area contributed by atoms with Crippen molar-refractivity contribution in [2.75, 3.05) is 12.3 Å². The van der Waals surface area contributed by atoms with Gasteiger partial charge in [0.05, 0.1) is 0 Å². The third kappa shape index (κ3) is 5.81. The number of benzene rings is 1. The van der Waals surface area contributed by atoms with E-state index in [1.54, 1.807) is 0 Å². The molecule has 0 aliphatic rings. The number of aryl methyl sites for hydroxylation is 1. The maximum absolute atomic E-state index is 5.32. The molecule has 1 rings (SSSR count). The Morgan fingerprint density at radius 3 is 2.94 bits per heavy atom. The molecule has 0 aromatic heterocycles. The molecular weight excluding hydrogens is 226 g/mol. The molecule has 0 bridgehead atoms. The van der Waals surface area contributed by atoms with Gasteiger partial charge in [-0.2, -0.15) is 0 Å². The molecule has 0 heterocycles. The SMILES string of the molecule is C#CCCC(CSc1cccc(C)c1)NCC. The molecule has 0 aliphatic heterocycles. The maximum Gasteiger partial charge on any atom is 0.0170 e. The zero-order valence-electron chi connectivity index (χ0n) is 10.7. The molecule has 1 nitrogen and oxygen atoms in total. The van der Waals surface area contributed by atoms with Crippen LogP contribution in [0.2, 0.25) is 0 Å². The van der Waals surface area contributed by atoms with E-state index in [1.807, 2.05) is 11.8 Å². The van der Waals surface area contributed by atoms with E-state index < -0.39 is 0 Å². The molecule has 2 heteroatoms. The largest absolute Gasteiger partial charge is 0.313 e. The fraction of sp³-hybridized carbons (Fsp3) is 0.467. The van der Waals surface area contributed by atoms with Gasteiger partial charge >= 0.3 is 0 Å². The van der Waals surface area contributed by atoms with Gasteiger partial charge in [-0.1, -0.05) is 24.6 Å². The first-order valence-corrected chi connectivity index (χ1v) is 7.11. The summed E-state index contributed by atoms with van der Waals surface area (Å²) in [7, 11) is 0. The van der Waals surface area contributed by atoms with Crippen LogP contribution in [-0.2, 0) is 0 Å². The molecule has 1 unspecified atom stereocenters. The summed E-state index contributed by atoms with van der Waals surface area (Å²) >= 11 is 1.90. The van der Waals surface area contributed by atoms with E-state index in [1.165, 1.54) is 10.5 Å². The minimum absolute atomic E-state index is 0.515. The minimum Gasteiger partial charge on any atom is -0.313 e. The molecule has 92 valence electrons. The van der Waals surface area contributed by atoms with Crippen molar-refractivity contribution in [1.29, 1.82) is 0 Å². The van der Waals surface area contributed by atoms with Crippen molar-refractivity contribution in [3.05, 3.63) is 29.8 Å². The number of terminal acetylenes is 1. The molecular formula is C15H21NS. The predicted molar refractivity (Wildman–Crippen MR) is 77.4 cm³/mol. The van der Waals surface area contributed by atoms with E-state index in [0.717, 1.165) is 25.1 Å². The van der Waals surface area contributed by atoms with Crippen LogP contribution in [-0.4, -0.2) is 18.3 Å². The normalized spacial score (nSPS) is 12.1. The Morgan fingerprint density at radius 2 is 2.29 bits per heavy atom. The summed E-state index contributed by atoms with van der Waals surface area (Å²) in [6.45, 7) is 5.27. The van der Waals surface area contributed by atoms with Crippen LogP contribution in [0.3, 0.4) is 0 Å². The second-order valence-electron chi connectivity index (χ2n) is 4.12. The summed E-state index contributed by atoms with van der Waals surface area (Å²) in [5, 5.41) is 3.49. The van der Waals surface area contributed by atoms with Crippen LogP contribution in [0.4, 0.5) is 0 Å². The van der Waals surface area contributed by atoms with Gasteiger partial charge in [-0.25, -0.2) is 0 Å². The van der Waals surface area contributed by atoms with Crippen LogP contribution in [0.5, 0.6) is 0 Å². The van der Waals surface area contributed by atoms with Crippen molar-refractivity contribution in [2.24, 2.45) is 0 Å². The zero-order valence-corrected chi connectivity index (χ0v) is 11.5. The third-order valence-electron chi connectivity index (χ3n) is 2.57. The number of thioether (sulfide) groups is 1. The van der Waals surface area contributed by atoms with Gasteiger partial charge < -0.3 is 5.32 Å². The Labute approximate surface area is 109 Å². The number of rotatable bonds is 7. The van der Waals surface area contributed by atoms with Crippen molar-refractivity contribution in [1.82, 2.24) is 5.32 Å². The lowest BCUT2D eigenvalue weighted by Gasteiger charge is -2.16. The highest BCUT2D eigenvalue weighted by atomic mass is 32.2. The summed E-state index contributed by atoms with van der Waals surface area (Å²) in [4.78, 5) is 1.34. The van der Waals surface area contributed by atoms with E-state index >= 15 is 0 Å². The summed E-state index contributed by atoms with van der Waals surface area (Å²) in [6, 6.07) is 9.16. The Bertz CT molecular complexity index is 367. The van der Waals surface area contributed by atoms with Gasteiger partial charge in [0.1, 0.15) is 0 Å². The number of hydrogen-bond acceptors (Lipinski definition) is 2. The first-order chi connectivity index (χ1) is 8.26. The molecule has 0 aliphatic carbocycles. The summed E-state index contributed by atoms with van der Waals surface area (Å²) in [5.74, 6) is 3.80. The smallest absolute Gasteiger partial charge is 0.0170 e. The molecule has 1 aromatic carbocycles. The van der Waals surface area contributed by atoms with Crippen LogP contribution < -0.4 is 5.32 Å². The lowest BCUT2D eigenvalue weighted by Crippen LogP contribution is -2.30. The van der Waals surface area contributed by atoms with Crippen LogP contribution >= 0.6 is 11.8 Å². The van der Waals surface area contributed by atoms with Crippen LogP contribution in [0.25, 0.3) is 0 Å². The quantitative estimate of drug-likeness (QED) is 0.585. The van der Waals surface area contributed by atoms with E-state index in [9.17, 15) is 0 Å². The van der Waals surface area contributed by atoms with Gasteiger partial charge in [0.25, 0.3) is 0 Å². The van der Waals surface area contributed by atoms with E-state index in [0.29, 0.717) is 6.04 Å². The molecule has 0 spiro atoms. The van der Waals surface area contributed by atoms with Gasteiger partial charge in [-0.3, -0.25) is 0 Å². The zero-order chi connectivity index (χ0) is 12.5. The van der Waals surface area contributed by atoms with Gasteiger partial charge in [-0.05, 0) is 32.0 Å². The molecule has 0 fully saturated rings. The fourth-order valence-electron chi connectivity index (χ4n) is 1.69. The Hall–Kier alpha value is -0.910. The molecule has 1 aromatic rings. The van der Waals surface area contributed by atoms with Crippen molar-refractivity contribution >= 4 is 11.8 Å². The van der Waals surface area contributed by atoms with E-state index in [4.69, 9.17) is 6.42 Å². The van der Waals surface area contributed by atoms with Crippen LogP contribution in [0.1, 0.15) is 25.3 Å². The highest BCUT2D eigenvalue weighted by molar-refractivity contribution is 7.99. The summed E-state index contributed by atoms with van der Waals surface area (Å²) in [5.41, 5.74) is 1.32. The van der Waals surface area contributed by atoms with Crippen molar-refractivity contribution in [3.63, 3.8) is 0 Å². The number of nitrogens with one attached hydrogen (secondary N) is 1. The van der Waals surface area contributed by atoms with Crippen molar-refractivity contribution in [3.8, 4) is 12.3 Å². The maximum atomic E-state index is 5.32. The summed E-state index contributed by atoms with van der Waals surface area (Å²) < 4.78 is 0. The average molecular weight is 247 g/mol. The Kier molecular flexibility index (Phi) is 6.84. The third-order valence-corrected chi connectivity index (χ3v) is 3.73. The molecule has 1 atom stereocenters. The standard InChI is InChI=1S/C15H21NS/c1-4-6-9-14(16-5-2)12-17-15-10-7-8-13(3)11-15/h1,7-8,10-11,14,16H,5-6,9,12H2,2-3H3. The van der Waals surface area contributed by atoms with Crippen LogP contribution in [0, 0.1) is 19.3 Å². The summed E-state index contributed by atoms with van der Waals surface area (Å²) in [6.07, 6.45) is 7.23. The van der Waals surface area contributed by atoms with E-state index in [-0.39, 0.29) is 0 Å². The van der Waals surface area contributed by atoms with Gasteiger partial charge in [0.15, 0.2) is 0 Å². The lowest BCUT2D eigenvalue weighted by molar-refractivity contribution is 0.545. The van der Waals surface area contributed by atoms with Gasteiger partial charge in [0.2, 0.25) is 0 Å². The molecule has 0 amide bonds. The minimum atomic E-state index is 0.515. The highest BCUT2D eigenvalue weighted by Gasteiger charge is 2.07. The second kappa shape index (κ2) is 8.22. The molecule has 0 radical (unpaired) electrons. The fourth-order valence-corrected chi connectivity index (χ4v) is 2.81. The molecule has 1 N–H and O–H groups in total. The van der Waals surface area contributed by atoms with Gasteiger partial charge in [0, 0.05) is 23.1 Å². The topological polar surface area (TPSA) is 12.0 Å². The van der Waals surface area contributed by atoms with Crippen molar-refractivity contribution in [2.45, 2.75) is 37.6 Å². The van der Waals surface area contributed by atoms with Crippen LogP contribution in [0.15, 0.2) is 29.2 Å². The Morgan fingerprint density at radius 1 is 1.47 bits per heavy atom. The Balaban J connectivity index is 2.43. The van der Waals surface area contributed by atoms with Gasteiger partial charge in [-0.15, -0.1) is 24.1 Å². The first kappa shape index (κ1) is 14.2. The highest BCUT2D eigenvalue weighted by Crippen LogP contribution is 2.20. The second-order valence-corrected chi connectivity index (χ2v) is 5.22. The lowest BCUT2D eigenvalue weighted by atomic mass is 10.2. The molecule has 0 saturated heterocycles. The van der Waals surface area contributed by atoms with Crippen molar-refractivity contribution < 1.29 is 0 Å². The molecule has 17 heavy (non-hydrogen) atoms. The molecule has 0 saturated carbocycles. The monoisotopic (exact) mass is 247 g/mol.